The molecule has 0 aromatic heterocycles. The summed E-state index contributed by atoms with van der Waals surface area (Å²) in [4.78, 5) is 25.0. The van der Waals surface area contributed by atoms with Gasteiger partial charge in [-0.2, -0.15) is 26.3 Å². The lowest BCUT2D eigenvalue weighted by molar-refractivity contribution is -0.288. The van der Waals surface area contributed by atoms with Crippen LogP contribution < -0.4 is 0 Å². The van der Waals surface area contributed by atoms with Crippen LogP contribution in [0.25, 0.3) is 0 Å². The zero-order chi connectivity index (χ0) is 33.3. The Balaban J connectivity index is 2.19. The van der Waals surface area contributed by atoms with Crippen LogP contribution in [-0.4, -0.2) is 37.5 Å². The summed E-state index contributed by atoms with van der Waals surface area (Å²) in [5.41, 5.74) is -7.36. The van der Waals surface area contributed by atoms with Crippen LogP contribution in [0.15, 0.2) is 48.5 Å². The summed E-state index contributed by atoms with van der Waals surface area (Å²) >= 11 is 0. The second-order valence-corrected chi connectivity index (χ2v) is 11.4. The number of carbonyl (C=O) groups is 2. The molecule has 0 fully saturated rings. The summed E-state index contributed by atoms with van der Waals surface area (Å²) in [6, 6.07) is 6.44. The minimum absolute atomic E-state index is 0.0110. The van der Waals surface area contributed by atoms with Crippen molar-refractivity contribution >= 4 is 11.9 Å². The van der Waals surface area contributed by atoms with E-state index in [2.05, 4.69) is 13.8 Å². The predicted octanol–water partition coefficient (Wildman–Crippen LogP) is 10.9. The number of esters is 2. The Labute approximate surface area is 262 Å². The van der Waals surface area contributed by atoms with E-state index < -0.39 is 46.4 Å². The van der Waals surface area contributed by atoms with E-state index in [0.717, 1.165) is 101 Å². The van der Waals surface area contributed by atoms with Crippen LogP contribution >= 0.6 is 0 Å². The van der Waals surface area contributed by atoms with Crippen molar-refractivity contribution in [3.8, 4) is 0 Å². The lowest BCUT2D eigenvalue weighted by Crippen LogP contribution is -2.54. The Bertz CT molecular complexity index is 1140. The van der Waals surface area contributed by atoms with Gasteiger partial charge in [-0.15, -0.1) is 0 Å². The van der Waals surface area contributed by atoms with Crippen molar-refractivity contribution in [1.29, 1.82) is 0 Å². The molecule has 0 bridgehead atoms. The van der Waals surface area contributed by atoms with Crippen molar-refractivity contribution in [2.75, 3.05) is 13.2 Å². The number of benzene rings is 2. The fourth-order valence-corrected chi connectivity index (χ4v) is 5.33. The smallest absolute Gasteiger partial charge is 0.411 e. The topological polar surface area (TPSA) is 52.6 Å². The molecule has 0 aliphatic rings. The van der Waals surface area contributed by atoms with E-state index in [1.165, 1.54) is 0 Å². The molecule has 0 saturated carbocycles. The largest absolute Gasteiger partial charge is 0.462 e. The van der Waals surface area contributed by atoms with Crippen molar-refractivity contribution in [2.24, 2.45) is 0 Å². The maximum Gasteiger partial charge on any atom is 0.411 e. The highest BCUT2D eigenvalue weighted by atomic mass is 19.4. The molecular weight excluding hydrogens is 598 g/mol. The highest BCUT2D eigenvalue weighted by molar-refractivity contribution is 5.90. The number of ether oxygens (including phenoxy) is 2. The number of carbonyl (C=O) groups excluding carboxylic acids is 2. The summed E-state index contributed by atoms with van der Waals surface area (Å²) in [5, 5.41) is 0. The molecule has 0 saturated heterocycles. The van der Waals surface area contributed by atoms with E-state index in [-0.39, 0.29) is 18.8 Å². The molecule has 2 rings (SSSR count). The molecule has 2 aromatic carbocycles. The Hall–Kier alpha value is -3.04. The number of unbranched alkanes of at least 4 members (excludes halogenated alkanes) is 12. The SMILES string of the molecule is CCCCCCCCCOC(=O)c1ccc(C(c2cccc(C(=O)OCCCCCCCCC)c2)(C(F)(F)F)C(F)(F)F)cc1. The van der Waals surface area contributed by atoms with Crippen LogP contribution in [0.1, 0.15) is 136 Å². The third-order valence-electron chi connectivity index (χ3n) is 7.90. The summed E-state index contributed by atoms with van der Waals surface area (Å²) in [6.45, 7) is 4.34. The molecule has 0 atom stereocenters. The third kappa shape index (κ3) is 11.1. The molecule has 0 unspecified atom stereocenters. The van der Waals surface area contributed by atoms with Crippen LogP contribution in [0.2, 0.25) is 0 Å². The number of hydrogen-bond acceptors (Lipinski definition) is 4. The van der Waals surface area contributed by atoms with Gasteiger partial charge in [0.25, 0.3) is 0 Å². The number of hydrogen-bond donors (Lipinski definition) is 0. The summed E-state index contributed by atoms with van der Waals surface area (Å²) in [6.07, 6.45) is 1.94. The first-order valence-corrected chi connectivity index (χ1v) is 16.1. The molecule has 0 radical (unpaired) electrons. The Morgan fingerprint density at radius 2 is 0.956 bits per heavy atom. The van der Waals surface area contributed by atoms with E-state index in [1.54, 1.807) is 0 Å². The highest BCUT2D eigenvalue weighted by Gasteiger charge is 2.72. The van der Waals surface area contributed by atoms with E-state index in [1.807, 2.05) is 0 Å². The van der Waals surface area contributed by atoms with Gasteiger partial charge in [-0.05, 0) is 48.2 Å². The Morgan fingerprint density at radius 1 is 0.533 bits per heavy atom. The quantitative estimate of drug-likeness (QED) is 0.0818. The molecule has 45 heavy (non-hydrogen) atoms. The Kier molecular flexibility index (Phi) is 15.9. The van der Waals surface area contributed by atoms with E-state index in [4.69, 9.17) is 9.47 Å². The van der Waals surface area contributed by atoms with Crippen molar-refractivity contribution in [2.45, 2.75) is 122 Å². The van der Waals surface area contributed by atoms with Gasteiger partial charge in [-0.25, -0.2) is 9.59 Å². The first kappa shape index (κ1) is 38.1. The van der Waals surface area contributed by atoms with Crippen LogP contribution in [0.5, 0.6) is 0 Å². The zero-order valence-electron chi connectivity index (χ0n) is 26.3. The highest BCUT2D eigenvalue weighted by Crippen LogP contribution is 2.56. The lowest BCUT2D eigenvalue weighted by Gasteiger charge is -2.38. The van der Waals surface area contributed by atoms with Crippen molar-refractivity contribution in [3.05, 3.63) is 70.8 Å². The van der Waals surface area contributed by atoms with E-state index in [9.17, 15) is 35.9 Å². The predicted molar refractivity (Wildman–Crippen MR) is 162 cm³/mol. The minimum Gasteiger partial charge on any atom is -0.462 e. The first-order valence-electron chi connectivity index (χ1n) is 16.1. The van der Waals surface area contributed by atoms with Crippen LogP contribution in [0, 0.1) is 0 Å². The van der Waals surface area contributed by atoms with E-state index in [0.29, 0.717) is 37.1 Å². The van der Waals surface area contributed by atoms with Crippen molar-refractivity contribution < 1.29 is 45.4 Å². The molecule has 0 heterocycles. The zero-order valence-corrected chi connectivity index (χ0v) is 26.3. The molecule has 10 heteroatoms. The van der Waals surface area contributed by atoms with Crippen molar-refractivity contribution in [1.82, 2.24) is 0 Å². The molecule has 252 valence electrons. The fourth-order valence-electron chi connectivity index (χ4n) is 5.33. The molecule has 4 nitrogen and oxygen atoms in total. The number of halogens is 6. The van der Waals surface area contributed by atoms with Gasteiger partial charge in [0.1, 0.15) is 0 Å². The number of rotatable bonds is 20. The van der Waals surface area contributed by atoms with Crippen LogP contribution in [0.4, 0.5) is 26.3 Å². The van der Waals surface area contributed by atoms with E-state index >= 15 is 0 Å². The standard InChI is InChI=1S/C35H46F6O4/c1-3-5-7-9-11-13-15-24-44-31(42)27-20-22-29(23-21-27)33(34(36,37)38,35(39,40)41)30-19-17-18-28(26-30)32(43)45-25-16-14-12-10-8-6-4-2/h17-23,26H,3-16,24-25H2,1-2H3. The van der Waals surface area contributed by atoms with Crippen LogP contribution in [-0.2, 0) is 14.9 Å². The van der Waals surface area contributed by atoms with Crippen molar-refractivity contribution in [3.63, 3.8) is 0 Å². The number of alkyl halides is 6. The average molecular weight is 645 g/mol. The lowest BCUT2D eigenvalue weighted by atomic mass is 9.72. The Morgan fingerprint density at radius 3 is 1.40 bits per heavy atom. The summed E-state index contributed by atoms with van der Waals surface area (Å²) in [5.74, 6) is -1.83. The maximum atomic E-state index is 14.6. The van der Waals surface area contributed by atoms with Gasteiger partial charge in [0.15, 0.2) is 0 Å². The van der Waals surface area contributed by atoms with Gasteiger partial charge < -0.3 is 9.47 Å². The molecule has 0 aliphatic heterocycles. The molecule has 0 amide bonds. The fraction of sp³-hybridized carbons (Fsp3) is 0.600. The normalized spacial score (nSPS) is 12.3. The molecular formula is C35H46F6O4. The molecule has 0 spiro atoms. The van der Waals surface area contributed by atoms with Gasteiger partial charge in [-0.3, -0.25) is 0 Å². The molecule has 0 aliphatic carbocycles. The third-order valence-corrected chi connectivity index (χ3v) is 7.90. The van der Waals surface area contributed by atoms with Gasteiger partial charge in [0.2, 0.25) is 5.41 Å². The maximum absolute atomic E-state index is 14.6. The van der Waals surface area contributed by atoms with Crippen LogP contribution in [0.3, 0.4) is 0 Å². The van der Waals surface area contributed by atoms with Gasteiger partial charge in [-0.1, -0.05) is 115 Å². The summed E-state index contributed by atoms with van der Waals surface area (Å²) in [7, 11) is 0. The van der Waals surface area contributed by atoms with Gasteiger partial charge >= 0.3 is 24.3 Å². The van der Waals surface area contributed by atoms with Gasteiger partial charge in [0.05, 0.1) is 24.3 Å². The second kappa shape index (κ2) is 18.8. The first-order chi connectivity index (χ1) is 21.4. The van der Waals surface area contributed by atoms with Gasteiger partial charge in [0, 0.05) is 0 Å². The second-order valence-electron chi connectivity index (χ2n) is 11.4. The molecule has 2 aromatic rings. The summed E-state index contributed by atoms with van der Waals surface area (Å²) < 4.78 is 98.2. The molecule has 0 N–H and O–H groups in total. The minimum atomic E-state index is -5.84. The monoisotopic (exact) mass is 644 g/mol. The average Bonchev–Trinajstić information content (AvgIpc) is 2.99.